The van der Waals surface area contributed by atoms with Crippen LogP contribution < -0.4 is 10.7 Å². The van der Waals surface area contributed by atoms with Crippen molar-refractivity contribution < 1.29 is 9.53 Å². The van der Waals surface area contributed by atoms with E-state index < -0.39 is 0 Å². The maximum Gasteiger partial charge on any atom is 0.257 e. The predicted molar refractivity (Wildman–Crippen MR) is 104 cm³/mol. The maximum absolute atomic E-state index is 12.7. The van der Waals surface area contributed by atoms with Crippen molar-refractivity contribution in [2.45, 2.75) is 59.0 Å². The van der Waals surface area contributed by atoms with Crippen LogP contribution in [0.25, 0.3) is 0 Å². The van der Waals surface area contributed by atoms with Crippen molar-refractivity contribution in [1.82, 2.24) is 14.8 Å². The lowest BCUT2D eigenvalue weighted by Crippen LogP contribution is -2.40. The van der Waals surface area contributed by atoms with Crippen LogP contribution in [0.4, 0.5) is 0 Å². The average Bonchev–Trinajstić information content (AvgIpc) is 2.61. The largest absolute Gasteiger partial charge is 0.383 e. The van der Waals surface area contributed by atoms with Gasteiger partial charge in [0.15, 0.2) is 5.43 Å². The molecule has 0 unspecified atom stereocenters. The first kappa shape index (κ1) is 20.6. The summed E-state index contributed by atoms with van der Waals surface area (Å²) in [4.78, 5) is 27.7. The summed E-state index contributed by atoms with van der Waals surface area (Å²) in [7, 11) is 1.60. The van der Waals surface area contributed by atoms with Gasteiger partial charge in [0.25, 0.3) is 5.91 Å². The van der Waals surface area contributed by atoms with Gasteiger partial charge < -0.3 is 19.5 Å². The topological polar surface area (TPSA) is 63.6 Å². The molecule has 6 heteroatoms. The van der Waals surface area contributed by atoms with Crippen LogP contribution in [0.3, 0.4) is 0 Å². The van der Waals surface area contributed by atoms with Gasteiger partial charge in [-0.05, 0) is 46.2 Å². The van der Waals surface area contributed by atoms with Crippen LogP contribution in [0.2, 0.25) is 0 Å². The fourth-order valence-electron chi connectivity index (χ4n) is 3.76. The van der Waals surface area contributed by atoms with E-state index in [-0.39, 0.29) is 22.9 Å². The molecular formula is C20H33N3O3. The SMILES string of the molecule is CCc1c(C(=O)N[C@@H](C)COC)c(=O)cc(C)n1CCN1CCCCC1. The minimum atomic E-state index is -0.303. The third kappa shape index (κ3) is 5.17. The molecule has 2 heterocycles. The number of amides is 1. The molecule has 0 bridgehead atoms. The first-order valence-corrected chi connectivity index (χ1v) is 9.73. The Hall–Kier alpha value is -1.66. The van der Waals surface area contributed by atoms with Crippen molar-refractivity contribution in [2.24, 2.45) is 0 Å². The first-order chi connectivity index (χ1) is 12.5. The van der Waals surface area contributed by atoms with E-state index >= 15 is 0 Å². The maximum atomic E-state index is 12.7. The number of nitrogens with one attached hydrogen (secondary N) is 1. The number of piperidine rings is 1. The molecule has 1 N–H and O–H groups in total. The normalized spacial score (nSPS) is 16.5. The molecular weight excluding hydrogens is 330 g/mol. The lowest BCUT2D eigenvalue weighted by molar-refractivity contribution is 0.0902. The predicted octanol–water partition coefficient (Wildman–Crippen LogP) is 1.97. The van der Waals surface area contributed by atoms with Gasteiger partial charge >= 0.3 is 0 Å². The molecule has 6 nitrogen and oxygen atoms in total. The third-order valence-corrected chi connectivity index (χ3v) is 5.07. The summed E-state index contributed by atoms with van der Waals surface area (Å²) in [5.74, 6) is -0.303. The van der Waals surface area contributed by atoms with E-state index in [0.717, 1.165) is 37.6 Å². The number of pyridine rings is 1. The number of aryl methyl sites for hydroxylation is 1. The molecule has 0 spiro atoms. The number of aromatic nitrogens is 1. The summed E-state index contributed by atoms with van der Waals surface area (Å²) < 4.78 is 7.22. The second kappa shape index (κ2) is 9.88. The number of carbonyl (C=O) groups is 1. The van der Waals surface area contributed by atoms with E-state index in [1.807, 2.05) is 20.8 Å². The molecule has 26 heavy (non-hydrogen) atoms. The van der Waals surface area contributed by atoms with Gasteiger partial charge in [-0.2, -0.15) is 0 Å². The lowest BCUT2D eigenvalue weighted by atomic mass is 10.1. The zero-order chi connectivity index (χ0) is 19.1. The minimum absolute atomic E-state index is 0.139. The van der Waals surface area contributed by atoms with Crippen molar-refractivity contribution >= 4 is 5.91 Å². The molecule has 0 aromatic carbocycles. The molecule has 1 aliphatic heterocycles. The Kier molecular flexibility index (Phi) is 7.85. The standard InChI is InChI=1S/C20H33N3O3/c1-5-17-19(20(25)21-15(2)14-26-4)18(24)13-16(3)23(17)12-11-22-9-7-6-8-10-22/h13,15H,5-12,14H2,1-4H3,(H,21,25)/t15-/m0/s1. The summed E-state index contributed by atoms with van der Waals surface area (Å²) in [6.07, 6.45) is 4.49. The van der Waals surface area contributed by atoms with Crippen molar-refractivity contribution in [3.8, 4) is 0 Å². The Morgan fingerprint density at radius 3 is 2.58 bits per heavy atom. The van der Waals surface area contributed by atoms with Crippen molar-refractivity contribution in [3.63, 3.8) is 0 Å². The van der Waals surface area contributed by atoms with Gasteiger partial charge in [-0.25, -0.2) is 0 Å². The fraction of sp³-hybridized carbons (Fsp3) is 0.700. The quantitative estimate of drug-likeness (QED) is 0.767. The smallest absolute Gasteiger partial charge is 0.257 e. The molecule has 146 valence electrons. The van der Waals surface area contributed by atoms with Gasteiger partial charge in [0, 0.05) is 43.7 Å². The highest BCUT2D eigenvalue weighted by molar-refractivity contribution is 5.95. The van der Waals surface area contributed by atoms with Gasteiger partial charge in [-0.15, -0.1) is 0 Å². The summed E-state index contributed by atoms with van der Waals surface area (Å²) in [5, 5.41) is 2.88. The molecule has 1 amide bonds. The van der Waals surface area contributed by atoms with Gasteiger partial charge in [0.05, 0.1) is 6.61 Å². The zero-order valence-electron chi connectivity index (χ0n) is 16.6. The van der Waals surface area contributed by atoms with E-state index in [9.17, 15) is 9.59 Å². The van der Waals surface area contributed by atoms with Crippen LogP contribution in [0.15, 0.2) is 10.9 Å². The number of likely N-dealkylation sites (tertiary alicyclic amines) is 1. The molecule has 1 aromatic rings. The highest BCUT2D eigenvalue weighted by Gasteiger charge is 2.21. The summed E-state index contributed by atoms with van der Waals surface area (Å²) in [5.41, 5.74) is 1.83. The number of ether oxygens (including phenoxy) is 1. The van der Waals surface area contributed by atoms with Crippen molar-refractivity contribution in [1.29, 1.82) is 0 Å². The molecule has 0 aliphatic carbocycles. The number of rotatable bonds is 8. The van der Waals surface area contributed by atoms with Crippen LogP contribution in [-0.2, 0) is 17.7 Å². The fourth-order valence-corrected chi connectivity index (χ4v) is 3.76. The van der Waals surface area contributed by atoms with Gasteiger partial charge in [-0.1, -0.05) is 13.3 Å². The molecule has 1 saturated heterocycles. The van der Waals surface area contributed by atoms with E-state index in [2.05, 4.69) is 14.8 Å². The van der Waals surface area contributed by atoms with Crippen LogP contribution in [0, 0.1) is 6.92 Å². The molecule has 0 radical (unpaired) electrons. The third-order valence-electron chi connectivity index (χ3n) is 5.07. The van der Waals surface area contributed by atoms with E-state index in [4.69, 9.17) is 4.74 Å². The number of hydrogen-bond donors (Lipinski definition) is 1. The summed E-state index contributed by atoms with van der Waals surface area (Å²) >= 11 is 0. The number of nitrogens with zero attached hydrogens (tertiary/aromatic N) is 2. The van der Waals surface area contributed by atoms with Gasteiger partial charge in [0.1, 0.15) is 5.56 Å². The number of hydrogen-bond acceptors (Lipinski definition) is 4. The van der Waals surface area contributed by atoms with E-state index in [1.165, 1.54) is 19.3 Å². The Balaban J connectivity index is 2.24. The highest BCUT2D eigenvalue weighted by atomic mass is 16.5. The minimum Gasteiger partial charge on any atom is -0.383 e. The first-order valence-electron chi connectivity index (χ1n) is 9.73. The average molecular weight is 364 g/mol. The molecule has 1 aromatic heterocycles. The van der Waals surface area contributed by atoms with Crippen molar-refractivity contribution in [2.75, 3.05) is 33.4 Å². The molecule has 1 fully saturated rings. The zero-order valence-corrected chi connectivity index (χ0v) is 16.6. The molecule has 1 aliphatic rings. The van der Waals surface area contributed by atoms with Gasteiger partial charge in [-0.3, -0.25) is 9.59 Å². The summed E-state index contributed by atoms with van der Waals surface area (Å²) in [6.45, 7) is 10.3. The monoisotopic (exact) mass is 363 g/mol. The Labute approximate surface area is 156 Å². The molecule has 2 rings (SSSR count). The Morgan fingerprint density at radius 1 is 1.27 bits per heavy atom. The lowest BCUT2D eigenvalue weighted by Gasteiger charge is -2.28. The highest BCUT2D eigenvalue weighted by Crippen LogP contribution is 2.13. The van der Waals surface area contributed by atoms with E-state index in [0.29, 0.717) is 13.0 Å². The van der Waals surface area contributed by atoms with Crippen LogP contribution in [0.5, 0.6) is 0 Å². The van der Waals surface area contributed by atoms with E-state index in [1.54, 1.807) is 13.2 Å². The van der Waals surface area contributed by atoms with Crippen LogP contribution in [0.1, 0.15) is 54.9 Å². The Bertz CT molecular complexity index is 663. The molecule has 1 atom stereocenters. The van der Waals surface area contributed by atoms with Crippen LogP contribution >= 0.6 is 0 Å². The Morgan fingerprint density at radius 2 is 1.96 bits per heavy atom. The molecule has 0 saturated carbocycles. The van der Waals surface area contributed by atoms with Gasteiger partial charge in [0.2, 0.25) is 0 Å². The summed E-state index contributed by atoms with van der Waals surface area (Å²) in [6, 6.07) is 1.45. The van der Waals surface area contributed by atoms with Crippen LogP contribution in [-0.4, -0.2) is 54.8 Å². The van der Waals surface area contributed by atoms with Crippen molar-refractivity contribution in [3.05, 3.63) is 33.2 Å². The second-order valence-electron chi connectivity index (χ2n) is 7.21. The number of carbonyl (C=O) groups excluding carboxylic acids is 1. The number of methoxy groups -OCH3 is 1. The second-order valence-corrected chi connectivity index (χ2v) is 7.21.